The third-order valence-electron chi connectivity index (χ3n) is 5.64. The molecule has 1 heterocycles. The molecule has 0 aliphatic carbocycles. The predicted octanol–water partition coefficient (Wildman–Crippen LogP) is 3.17. The van der Waals surface area contributed by atoms with E-state index < -0.39 is 15.8 Å². The second-order valence-corrected chi connectivity index (χ2v) is 9.42. The number of benzene rings is 2. The average molecular weight is 437 g/mol. The maximum absolute atomic E-state index is 14.1. The van der Waals surface area contributed by atoms with Crippen LogP contribution in [0.15, 0.2) is 47.4 Å². The molecule has 30 heavy (non-hydrogen) atoms. The Morgan fingerprint density at radius 2 is 1.87 bits per heavy atom. The second-order valence-electron chi connectivity index (χ2n) is 7.51. The first-order chi connectivity index (χ1) is 14.4. The number of likely N-dealkylation sites (N-methyl/N-ethyl adjacent to an activating group) is 1. The summed E-state index contributed by atoms with van der Waals surface area (Å²) in [6.45, 7) is 1.55. The van der Waals surface area contributed by atoms with Gasteiger partial charge in [0.25, 0.3) is 0 Å². The quantitative estimate of drug-likeness (QED) is 0.636. The van der Waals surface area contributed by atoms with Crippen molar-refractivity contribution in [3.05, 3.63) is 53.8 Å². The Labute approximate surface area is 178 Å². The minimum absolute atomic E-state index is 0.0837. The lowest BCUT2D eigenvalue weighted by Crippen LogP contribution is -2.49. The molecule has 8 heteroatoms. The van der Waals surface area contributed by atoms with Crippen molar-refractivity contribution in [2.45, 2.75) is 30.2 Å². The first kappa shape index (κ1) is 22.5. The number of hydrogen-bond acceptors (Lipinski definition) is 5. The summed E-state index contributed by atoms with van der Waals surface area (Å²) >= 11 is 0. The zero-order chi connectivity index (χ0) is 21.7. The maximum atomic E-state index is 14.1. The molecule has 6 nitrogen and oxygen atoms in total. The molecule has 0 saturated carbocycles. The summed E-state index contributed by atoms with van der Waals surface area (Å²) in [7, 11) is 1.38. The smallest absolute Gasteiger partial charge is 0.246 e. The van der Waals surface area contributed by atoms with E-state index in [1.54, 1.807) is 20.3 Å². The fourth-order valence-corrected chi connectivity index (χ4v) is 5.40. The van der Waals surface area contributed by atoms with Gasteiger partial charge in [0.05, 0.1) is 14.2 Å². The highest BCUT2D eigenvalue weighted by Crippen LogP contribution is 2.28. The van der Waals surface area contributed by atoms with E-state index in [2.05, 4.69) is 4.90 Å². The van der Waals surface area contributed by atoms with Gasteiger partial charge in [0.2, 0.25) is 10.0 Å². The van der Waals surface area contributed by atoms with Gasteiger partial charge in [-0.3, -0.25) is 0 Å². The van der Waals surface area contributed by atoms with E-state index in [1.807, 2.05) is 25.2 Å². The molecule has 0 aromatic heterocycles. The van der Waals surface area contributed by atoms with Gasteiger partial charge in [0, 0.05) is 25.7 Å². The van der Waals surface area contributed by atoms with E-state index in [0.717, 1.165) is 31.4 Å². The van der Waals surface area contributed by atoms with Crippen LogP contribution in [-0.2, 0) is 16.4 Å². The highest BCUT2D eigenvalue weighted by molar-refractivity contribution is 7.89. The number of hydrogen-bond donors (Lipinski definition) is 0. The lowest BCUT2D eigenvalue weighted by Gasteiger charge is -2.37. The number of nitrogens with zero attached hydrogens (tertiary/aromatic N) is 2. The van der Waals surface area contributed by atoms with Crippen molar-refractivity contribution in [1.29, 1.82) is 0 Å². The van der Waals surface area contributed by atoms with Gasteiger partial charge in [-0.15, -0.1) is 0 Å². The SMILES string of the molecule is COc1ccc(CCN(C)[C@H]2CCCN(S(=O)(=O)c3ccccc3F)C2)cc1OC. The third-order valence-corrected chi connectivity index (χ3v) is 7.54. The van der Waals surface area contributed by atoms with Crippen LogP contribution in [-0.4, -0.2) is 64.6 Å². The number of methoxy groups -OCH3 is 2. The van der Waals surface area contributed by atoms with Crippen LogP contribution in [0.3, 0.4) is 0 Å². The Bertz CT molecular complexity index is 967. The molecule has 2 aromatic rings. The number of sulfonamides is 1. The van der Waals surface area contributed by atoms with Crippen LogP contribution in [0.5, 0.6) is 11.5 Å². The van der Waals surface area contributed by atoms with Gasteiger partial charge >= 0.3 is 0 Å². The Hall–Kier alpha value is -2.16. The number of ether oxygens (including phenoxy) is 2. The summed E-state index contributed by atoms with van der Waals surface area (Å²) in [6.07, 6.45) is 2.46. The molecule has 1 aliphatic rings. The Kier molecular flexibility index (Phi) is 7.33. The minimum Gasteiger partial charge on any atom is -0.493 e. The van der Waals surface area contributed by atoms with Crippen molar-refractivity contribution in [2.75, 3.05) is 40.9 Å². The van der Waals surface area contributed by atoms with E-state index in [-0.39, 0.29) is 10.9 Å². The summed E-state index contributed by atoms with van der Waals surface area (Å²) in [5.41, 5.74) is 1.12. The fourth-order valence-electron chi connectivity index (χ4n) is 3.82. The van der Waals surface area contributed by atoms with Gasteiger partial charge in [-0.2, -0.15) is 4.31 Å². The molecule has 0 radical (unpaired) electrons. The largest absolute Gasteiger partial charge is 0.493 e. The van der Waals surface area contributed by atoms with Gasteiger partial charge in [0.15, 0.2) is 11.5 Å². The van der Waals surface area contributed by atoms with Crippen molar-refractivity contribution in [2.24, 2.45) is 0 Å². The van der Waals surface area contributed by atoms with E-state index in [9.17, 15) is 12.8 Å². The molecule has 1 aliphatic heterocycles. The molecule has 0 bridgehead atoms. The monoisotopic (exact) mass is 436 g/mol. The Balaban J connectivity index is 1.65. The summed E-state index contributed by atoms with van der Waals surface area (Å²) in [5.74, 6) is 0.676. The number of piperidine rings is 1. The molecule has 0 N–H and O–H groups in total. The van der Waals surface area contributed by atoms with Crippen LogP contribution in [0, 0.1) is 5.82 Å². The molecule has 1 fully saturated rings. The van der Waals surface area contributed by atoms with Crippen molar-refractivity contribution >= 4 is 10.0 Å². The van der Waals surface area contributed by atoms with Crippen LogP contribution in [0.1, 0.15) is 18.4 Å². The number of rotatable bonds is 8. The minimum atomic E-state index is -3.84. The molecular weight excluding hydrogens is 407 g/mol. The van der Waals surface area contributed by atoms with Crippen molar-refractivity contribution in [3.8, 4) is 11.5 Å². The lowest BCUT2D eigenvalue weighted by atomic mass is 10.1. The van der Waals surface area contributed by atoms with Gasteiger partial charge < -0.3 is 14.4 Å². The predicted molar refractivity (Wildman–Crippen MR) is 114 cm³/mol. The lowest BCUT2D eigenvalue weighted by molar-refractivity contribution is 0.164. The van der Waals surface area contributed by atoms with Crippen LogP contribution >= 0.6 is 0 Å². The summed E-state index contributed by atoms with van der Waals surface area (Å²) < 4.78 is 52.0. The normalized spacial score (nSPS) is 17.8. The van der Waals surface area contributed by atoms with Crippen molar-refractivity contribution in [3.63, 3.8) is 0 Å². The second kappa shape index (κ2) is 9.76. The standard InChI is InChI=1S/C22H29FN2O4S/c1-24(14-12-17-10-11-20(28-2)21(15-17)29-3)18-7-6-13-25(16-18)30(26,27)22-9-5-4-8-19(22)23/h4-5,8-11,15,18H,6-7,12-14,16H2,1-3H3/t18-/m0/s1. The third kappa shape index (κ3) is 4.94. The fraction of sp³-hybridized carbons (Fsp3) is 0.455. The van der Waals surface area contributed by atoms with Crippen LogP contribution in [0.2, 0.25) is 0 Å². The first-order valence-corrected chi connectivity index (χ1v) is 11.5. The summed E-state index contributed by atoms with van der Waals surface area (Å²) in [6, 6.07) is 11.5. The summed E-state index contributed by atoms with van der Waals surface area (Å²) in [5, 5.41) is 0. The van der Waals surface area contributed by atoms with Crippen molar-refractivity contribution < 1.29 is 22.3 Å². The molecule has 3 rings (SSSR count). The maximum Gasteiger partial charge on any atom is 0.246 e. The van der Waals surface area contributed by atoms with Gasteiger partial charge in [-0.25, -0.2) is 12.8 Å². The molecule has 2 aromatic carbocycles. The van der Waals surface area contributed by atoms with E-state index in [4.69, 9.17) is 9.47 Å². The molecular formula is C22H29FN2O4S. The van der Waals surface area contributed by atoms with Crippen LogP contribution < -0.4 is 9.47 Å². The van der Waals surface area contributed by atoms with Crippen LogP contribution in [0.25, 0.3) is 0 Å². The van der Waals surface area contributed by atoms with Crippen molar-refractivity contribution in [1.82, 2.24) is 9.21 Å². The van der Waals surface area contributed by atoms with Gasteiger partial charge in [0.1, 0.15) is 10.7 Å². The summed E-state index contributed by atoms with van der Waals surface area (Å²) in [4.78, 5) is 1.93. The van der Waals surface area contributed by atoms with Gasteiger partial charge in [-0.05, 0) is 56.1 Å². The number of halogens is 1. The molecule has 0 amide bonds. The molecule has 1 saturated heterocycles. The molecule has 0 spiro atoms. The molecule has 0 unspecified atom stereocenters. The Morgan fingerprint density at radius 1 is 1.13 bits per heavy atom. The first-order valence-electron chi connectivity index (χ1n) is 10.0. The molecule has 164 valence electrons. The van der Waals surface area contributed by atoms with E-state index in [1.165, 1.54) is 22.5 Å². The van der Waals surface area contributed by atoms with Crippen LogP contribution in [0.4, 0.5) is 4.39 Å². The van der Waals surface area contributed by atoms with E-state index in [0.29, 0.717) is 24.6 Å². The van der Waals surface area contributed by atoms with E-state index >= 15 is 0 Å². The van der Waals surface area contributed by atoms with Gasteiger partial charge in [-0.1, -0.05) is 18.2 Å². The average Bonchev–Trinajstić information content (AvgIpc) is 2.77. The highest BCUT2D eigenvalue weighted by Gasteiger charge is 2.33. The zero-order valence-electron chi connectivity index (χ0n) is 17.7. The topological polar surface area (TPSA) is 59.1 Å². The highest BCUT2D eigenvalue weighted by atomic mass is 32.2. The Morgan fingerprint density at radius 3 is 2.57 bits per heavy atom. The zero-order valence-corrected chi connectivity index (χ0v) is 18.5. The molecule has 1 atom stereocenters.